The molecular weight excluding hydrogens is 436 g/mol. The van der Waals surface area contributed by atoms with Crippen molar-refractivity contribution in [2.75, 3.05) is 4.90 Å². The zero-order chi connectivity index (χ0) is 19.5. The third-order valence-electron chi connectivity index (χ3n) is 4.07. The first kappa shape index (κ1) is 18.5. The van der Waals surface area contributed by atoms with E-state index in [-0.39, 0.29) is 11.7 Å². The molecule has 1 N–H and O–H groups in total. The molecule has 1 saturated heterocycles. The zero-order valence-electron chi connectivity index (χ0n) is 14.6. The number of hydrogen-bond acceptors (Lipinski definition) is 4. The zero-order valence-corrected chi connectivity index (χ0v) is 17.0. The molecule has 4 rings (SSSR count). The highest BCUT2D eigenvalue weighted by atomic mass is 79.9. The number of hydrogen-bond donors (Lipinski definition) is 1. The summed E-state index contributed by atoms with van der Waals surface area (Å²) in [5.74, 6) is 0.0277. The number of phenolic OH excluding ortho intramolecular Hbond substituents is 1. The van der Waals surface area contributed by atoms with Gasteiger partial charge in [0.15, 0.2) is 5.17 Å². The molecule has 0 radical (unpaired) electrons. The lowest BCUT2D eigenvalue weighted by molar-refractivity contribution is -0.113. The molecule has 1 heterocycles. The predicted octanol–water partition coefficient (Wildman–Crippen LogP) is 5.96. The van der Waals surface area contributed by atoms with E-state index in [2.05, 4.69) is 20.9 Å². The van der Waals surface area contributed by atoms with Crippen molar-refractivity contribution in [3.8, 4) is 5.75 Å². The first-order chi connectivity index (χ1) is 13.6. The molecule has 1 aliphatic rings. The number of amides is 1. The van der Waals surface area contributed by atoms with Gasteiger partial charge in [0.1, 0.15) is 5.75 Å². The lowest BCUT2D eigenvalue weighted by Gasteiger charge is -2.15. The SMILES string of the molecule is O=C1C(=Cc2ccc(O)c(Br)c2)SC(=Nc2ccccc2)N1c1ccccc1. The maximum Gasteiger partial charge on any atom is 0.271 e. The summed E-state index contributed by atoms with van der Waals surface area (Å²) < 4.78 is 0.579. The Morgan fingerprint density at radius 3 is 2.32 bits per heavy atom. The molecular formula is C22H15BrN2O2S. The van der Waals surface area contributed by atoms with E-state index < -0.39 is 0 Å². The molecule has 0 bridgehead atoms. The monoisotopic (exact) mass is 450 g/mol. The van der Waals surface area contributed by atoms with Gasteiger partial charge in [-0.1, -0.05) is 42.5 Å². The smallest absolute Gasteiger partial charge is 0.271 e. The molecule has 3 aromatic carbocycles. The number of amidine groups is 1. The third kappa shape index (κ3) is 3.88. The van der Waals surface area contributed by atoms with Gasteiger partial charge >= 0.3 is 0 Å². The summed E-state index contributed by atoms with van der Waals surface area (Å²) in [6.45, 7) is 0. The number of carbonyl (C=O) groups is 1. The second kappa shape index (κ2) is 8.04. The highest BCUT2D eigenvalue weighted by Gasteiger charge is 2.34. The minimum atomic E-state index is -0.130. The Bertz CT molecular complexity index is 1080. The number of aromatic hydroxyl groups is 1. The maximum atomic E-state index is 13.2. The molecule has 0 unspecified atom stereocenters. The van der Waals surface area contributed by atoms with Crippen LogP contribution in [0.15, 0.2) is 93.2 Å². The Hall–Kier alpha value is -2.83. The molecule has 1 amide bonds. The van der Waals surface area contributed by atoms with E-state index in [9.17, 15) is 9.90 Å². The van der Waals surface area contributed by atoms with Crippen LogP contribution in [0.4, 0.5) is 11.4 Å². The molecule has 0 saturated carbocycles. The second-order valence-corrected chi connectivity index (χ2v) is 7.89. The molecule has 138 valence electrons. The van der Waals surface area contributed by atoms with Crippen molar-refractivity contribution in [3.63, 3.8) is 0 Å². The van der Waals surface area contributed by atoms with E-state index in [1.807, 2.05) is 60.7 Å². The van der Waals surface area contributed by atoms with E-state index in [0.717, 1.165) is 16.9 Å². The van der Waals surface area contributed by atoms with Gasteiger partial charge in [-0.25, -0.2) is 4.99 Å². The van der Waals surface area contributed by atoms with Crippen molar-refractivity contribution in [2.45, 2.75) is 0 Å². The molecule has 3 aromatic rings. The molecule has 0 aromatic heterocycles. The van der Waals surface area contributed by atoms with E-state index in [1.165, 1.54) is 11.8 Å². The minimum Gasteiger partial charge on any atom is -0.507 e. The van der Waals surface area contributed by atoms with Crippen LogP contribution in [0, 0.1) is 0 Å². The number of aliphatic imine (C=N–C) groups is 1. The van der Waals surface area contributed by atoms with Crippen LogP contribution < -0.4 is 4.90 Å². The molecule has 1 aliphatic heterocycles. The summed E-state index contributed by atoms with van der Waals surface area (Å²) >= 11 is 4.64. The summed E-state index contributed by atoms with van der Waals surface area (Å²) in [5.41, 5.74) is 2.37. The third-order valence-corrected chi connectivity index (χ3v) is 5.68. The molecule has 28 heavy (non-hydrogen) atoms. The summed E-state index contributed by atoms with van der Waals surface area (Å²) in [7, 11) is 0. The molecule has 0 aliphatic carbocycles. The lowest BCUT2D eigenvalue weighted by atomic mass is 10.2. The Kier molecular flexibility index (Phi) is 5.32. The van der Waals surface area contributed by atoms with Crippen molar-refractivity contribution in [3.05, 3.63) is 93.8 Å². The lowest BCUT2D eigenvalue weighted by Crippen LogP contribution is -2.28. The Morgan fingerprint density at radius 2 is 1.64 bits per heavy atom. The number of carbonyl (C=O) groups excluding carboxylic acids is 1. The van der Waals surface area contributed by atoms with Crippen molar-refractivity contribution in [2.24, 2.45) is 4.99 Å². The predicted molar refractivity (Wildman–Crippen MR) is 119 cm³/mol. The fraction of sp³-hybridized carbons (Fsp3) is 0. The summed E-state index contributed by atoms with van der Waals surface area (Å²) in [4.78, 5) is 20.0. The number of phenols is 1. The van der Waals surface area contributed by atoms with Gasteiger partial charge in [0.25, 0.3) is 5.91 Å². The fourth-order valence-corrected chi connectivity index (χ4v) is 4.13. The van der Waals surface area contributed by atoms with Crippen LogP contribution >= 0.6 is 27.7 Å². The van der Waals surface area contributed by atoms with E-state index in [4.69, 9.17) is 0 Å². The van der Waals surface area contributed by atoms with Crippen LogP contribution in [0.5, 0.6) is 5.75 Å². The molecule has 1 fully saturated rings. The van der Waals surface area contributed by atoms with Gasteiger partial charge in [-0.15, -0.1) is 0 Å². The number of nitrogens with zero attached hydrogens (tertiary/aromatic N) is 2. The highest BCUT2D eigenvalue weighted by molar-refractivity contribution is 9.10. The van der Waals surface area contributed by atoms with Crippen molar-refractivity contribution in [1.29, 1.82) is 0 Å². The van der Waals surface area contributed by atoms with Crippen LogP contribution in [-0.4, -0.2) is 16.2 Å². The molecule has 0 atom stereocenters. The van der Waals surface area contributed by atoms with Gasteiger partial charge in [-0.05, 0) is 75.7 Å². The minimum absolute atomic E-state index is 0.130. The fourth-order valence-electron chi connectivity index (χ4n) is 2.73. The van der Waals surface area contributed by atoms with Gasteiger partial charge in [0.05, 0.1) is 20.8 Å². The van der Waals surface area contributed by atoms with Gasteiger partial charge in [-0.2, -0.15) is 0 Å². The van der Waals surface area contributed by atoms with Crippen LogP contribution in [0.25, 0.3) is 6.08 Å². The second-order valence-electron chi connectivity index (χ2n) is 6.03. The number of thioether (sulfide) groups is 1. The van der Waals surface area contributed by atoms with Crippen LogP contribution in [0.1, 0.15) is 5.56 Å². The molecule has 4 nitrogen and oxygen atoms in total. The average Bonchev–Trinajstić information content (AvgIpc) is 3.01. The Balaban J connectivity index is 1.76. The number of para-hydroxylation sites is 2. The average molecular weight is 451 g/mol. The topological polar surface area (TPSA) is 52.9 Å². The summed E-state index contributed by atoms with van der Waals surface area (Å²) in [5, 5.41) is 10.3. The Morgan fingerprint density at radius 1 is 0.964 bits per heavy atom. The first-order valence-electron chi connectivity index (χ1n) is 8.53. The summed E-state index contributed by atoms with van der Waals surface area (Å²) in [6, 6.07) is 24.2. The van der Waals surface area contributed by atoms with Crippen molar-refractivity contribution < 1.29 is 9.90 Å². The summed E-state index contributed by atoms with van der Waals surface area (Å²) in [6.07, 6.45) is 1.81. The van der Waals surface area contributed by atoms with Crippen molar-refractivity contribution in [1.82, 2.24) is 0 Å². The van der Waals surface area contributed by atoms with Crippen LogP contribution in [-0.2, 0) is 4.79 Å². The highest BCUT2D eigenvalue weighted by Crippen LogP contribution is 2.37. The normalized spacial score (nSPS) is 16.9. The first-order valence-corrected chi connectivity index (χ1v) is 10.1. The number of rotatable bonds is 3. The van der Waals surface area contributed by atoms with Crippen LogP contribution in [0.3, 0.4) is 0 Å². The number of halogens is 1. The quantitative estimate of drug-likeness (QED) is 0.500. The number of anilines is 1. The molecule has 6 heteroatoms. The van der Waals surface area contributed by atoms with Crippen molar-refractivity contribution >= 4 is 56.2 Å². The van der Waals surface area contributed by atoms with E-state index in [0.29, 0.717) is 14.5 Å². The molecule has 0 spiro atoms. The van der Waals surface area contributed by atoms with E-state index >= 15 is 0 Å². The van der Waals surface area contributed by atoms with E-state index in [1.54, 1.807) is 29.2 Å². The van der Waals surface area contributed by atoms with Crippen LogP contribution in [0.2, 0.25) is 0 Å². The standard InChI is InChI=1S/C22H15BrN2O2S/c23-18-13-15(11-12-19(18)26)14-20-21(27)25(17-9-5-2-6-10-17)22(28-20)24-16-7-3-1-4-8-16/h1-14,26H. The van der Waals surface area contributed by atoms with Gasteiger partial charge < -0.3 is 5.11 Å². The van der Waals surface area contributed by atoms with Gasteiger partial charge in [-0.3, -0.25) is 9.69 Å². The van der Waals surface area contributed by atoms with Gasteiger partial charge in [0.2, 0.25) is 0 Å². The van der Waals surface area contributed by atoms with Gasteiger partial charge in [0, 0.05) is 0 Å². The largest absolute Gasteiger partial charge is 0.507 e. The number of benzene rings is 3. The maximum absolute atomic E-state index is 13.2. The Labute approximate surface area is 175 Å².